The van der Waals surface area contributed by atoms with Gasteiger partial charge in [-0.3, -0.25) is 20.2 Å². The molecule has 2 N–H and O–H groups in total. The number of carbonyl (C=O) groups excluding carboxylic acids is 1. The number of non-ortho nitro benzene ring substituents is 1. The molecule has 7 nitrogen and oxygen atoms in total. The van der Waals surface area contributed by atoms with E-state index in [4.69, 9.17) is 17.0 Å². The van der Waals surface area contributed by atoms with Crippen LogP contribution in [0, 0.1) is 10.1 Å². The lowest BCUT2D eigenvalue weighted by Crippen LogP contribution is -2.34. The van der Waals surface area contributed by atoms with Crippen molar-refractivity contribution in [3.8, 4) is 5.75 Å². The number of rotatable bonds is 6. The molecule has 1 amide bonds. The van der Waals surface area contributed by atoms with Crippen LogP contribution in [0.5, 0.6) is 5.75 Å². The van der Waals surface area contributed by atoms with Crippen molar-refractivity contribution in [2.75, 3.05) is 11.9 Å². The second kappa shape index (κ2) is 9.25. The highest BCUT2D eigenvalue weighted by Gasteiger charge is 2.12. The molecule has 0 atom stereocenters. The van der Waals surface area contributed by atoms with E-state index in [9.17, 15) is 14.9 Å². The lowest BCUT2D eigenvalue weighted by molar-refractivity contribution is -0.384. The number of nitro groups is 1. The lowest BCUT2D eigenvalue weighted by atomic mass is 10.2. The van der Waals surface area contributed by atoms with E-state index in [1.807, 2.05) is 6.92 Å². The van der Waals surface area contributed by atoms with Crippen molar-refractivity contribution in [2.24, 2.45) is 0 Å². The molecule has 0 unspecified atom stereocenters. The van der Waals surface area contributed by atoms with E-state index in [2.05, 4.69) is 26.6 Å². The minimum absolute atomic E-state index is 0.0544. The number of carbonyl (C=O) groups is 1. The Morgan fingerprint density at radius 1 is 1.31 bits per heavy atom. The number of amides is 1. The molecule has 0 heterocycles. The minimum Gasteiger partial charge on any atom is -0.494 e. The van der Waals surface area contributed by atoms with Crippen LogP contribution in [0.3, 0.4) is 0 Å². The molecule has 2 aromatic rings. The van der Waals surface area contributed by atoms with Crippen LogP contribution in [0.1, 0.15) is 23.7 Å². The van der Waals surface area contributed by atoms with Crippen molar-refractivity contribution in [2.45, 2.75) is 13.3 Å². The highest BCUT2D eigenvalue weighted by molar-refractivity contribution is 9.10. The van der Waals surface area contributed by atoms with Gasteiger partial charge >= 0.3 is 0 Å². The van der Waals surface area contributed by atoms with E-state index in [1.54, 1.807) is 24.3 Å². The number of nitrogens with zero attached hydrogens (tertiary/aromatic N) is 1. The topological polar surface area (TPSA) is 93.5 Å². The van der Waals surface area contributed by atoms with Crippen molar-refractivity contribution in [1.82, 2.24) is 5.32 Å². The standard InChI is InChI=1S/C17H16BrN3O4S/c1-2-8-25-13-5-3-4-11(9-13)16(22)20-17(26)19-15-7-6-12(21(23)24)10-14(15)18/h3-7,9-10H,2,8H2,1H3,(H2,19,20,22,26). The first kappa shape index (κ1) is 19.8. The minimum atomic E-state index is -0.498. The molecule has 9 heteroatoms. The molecule has 0 bridgehead atoms. The first-order valence-corrected chi connectivity index (χ1v) is 8.90. The van der Waals surface area contributed by atoms with Gasteiger partial charge < -0.3 is 10.1 Å². The molecule has 0 aliphatic carbocycles. The zero-order valence-corrected chi connectivity index (χ0v) is 16.2. The van der Waals surface area contributed by atoms with Gasteiger partial charge in [0.1, 0.15) is 5.75 Å². The number of nitrogens with one attached hydrogen (secondary N) is 2. The van der Waals surface area contributed by atoms with E-state index in [0.29, 0.717) is 28.1 Å². The highest BCUT2D eigenvalue weighted by atomic mass is 79.9. The fourth-order valence-electron chi connectivity index (χ4n) is 1.99. The van der Waals surface area contributed by atoms with Crippen LogP contribution in [-0.4, -0.2) is 22.5 Å². The first-order chi connectivity index (χ1) is 12.4. The Labute approximate surface area is 164 Å². The monoisotopic (exact) mass is 437 g/mol. The molecule has 26 heavy (non-hydrogen) atoms. The summed E-state index contributed by atoms with van der Waals surface area (Å²) in [7, 11) is 0. The fourth-order valence-corrected chi connectivity index (χ4v) is 2.66. The van der Waals surface area contributed by atoms with Gasteiger partial charge in [0.2, 0.25) is 0 Å². The van der Waals surface area contributed by atoms with E-state index in [0.717, 1.165) is 6.42 Å². The fraction of sp³-hybridized carbons (Fsp3) is 0.176. The van der Waals surface area contributed by atoms with Crippen molar-refractivity contribution in [3.05, 3.63) is 62.6 Å². The highest BCUT2D eigenvalue weighted by Crippen LogP contribution is 2.27. The summed E-state index contributed by atoms with van der Waals surface area (Å²) in [5, 5.41) is 16.2. The third kappa shape index (κ3) is 5.50. The van der Waals surface area contributed by atoms with Crippen molar-refractivity contribution in [3.63, 3.8) is 0 Å². The zero-order chi connectivity index (χ0) is 19.1. The summed E-state index contributed by atoms with van der Waals surface area (Å²) >= 11 is 8.36. The average molecular weight is 438 g/mol. The van der Waals surface area contributed by atoms with Crippen molar-refractivity contribution < 1.29 is 14.5 Å². The van der Waals surface area contributed by atoms with Gasteiger partial charge in [0, 0.05) is 22.2 Å². The second-order valence-corrected chi connectivity index (χ2v) is 6.47. The summed E-state index contributed by atoms with van der Waals surface area (Å²) in [6.07, 6.45) is 0.870. The summed E-state index contributed by atoms with van der Waals surface area (Å²) in [6, 6.07) is 11.0. The van der Waals surface area contributed by atoms with E-state index < -0.39 is 4.92 Å². The smallest absolute Gasteiger partial charge is 0.270 e. The predicted octanol–water partition coefficient (Wildman–Crippen LogP) is 4.27. The average Bonchev–Trinajstić information content (AvgIpc) is 2.61. The third-order valence-electron chi connectivity index (χ3n) is 3.21. The number of ether oxygens (including phenoxy) is 1. The van der Waals surface area contributed by atoms with Crippen LogP contribution in [0.2, 0.25) is 0 Å². The van der Waals surface area contributed by atoms with Gasteiger partial charge in [-0.2, -0.15) is 0 Å². The van der Waals surface area contributed by atoms with E-state index in [-0.39, 0.29) is 16.7 Å². The number of anilines is 1. The molecule has 0 aliphatic heterocycles. The Balaban J connectivity index is 2.01. The molecule has 2 rings (SSSR count). The SMILES string of the molecule is CCCOc1cccc(C(=O)NC(=S)Nc2ccc([N+](=O)[O-])cc2Br)c1. The Morgan fingerprint density at radius 3 is 2.73 bits per heavy atom. The first-order valence-electron chi connectivity index (χ1n) is 7.70. The van der Waals surface area contributed by atoms with Crippen molar-refractivity contribution >= 4 is 50.5 Å². The molecule has 2 aromatic carbocycles. The Kier molecular flexibility index (Phi) is 7.05. The maximum atomic E-state index is 12.3. The number of hydrogen-bond donors (Lipinski definition) is 2. The van der Waals surface area contributed by atoms with Gasteiger partial charge in [-0.15, -0.1) is 0 Å². The molecular weight excluding hydrogens is 422 g/mol. The number of benzene rings is 2. The summed E-state index contributed by atoms with van der Waals surface area (Å²) < 4.78 is 5.96. The molecule has 136 valence electrons. The molecule has 0 spiro atoms. The maximum absolute atomic E-state index is 12.3. The predicted molar refractivity (Wildman–Crippen MR) is 107 cm³/mol. The number of halogens is 1. The van der Waals surface area contributed by atoms with Gasteiger partial charge in [0.25, 0.3) is 11.6 Å². The maximum Gasteiger partial charge on any atom is 0.270 e. The molecule has 0 aliphatic rings. The number of nitro benzene ring substituents is 1. The Morgan fingerprint density at radius 2 is 2.08 bits per heavy atom. The van der Waals surface area contributed by atoms with Gasteiger partial charge in [-0.1, -0.05) is 13.0 Å². The van der Waals surface area contributed by atoms with Crippen LogP contribution >= 0.6 is 28.1 Å². The van der Waals surface area contributed by atoms with E-state index >= 15 is 0 Å². The van der Waals surface area contributed by atoms with Crippen LogP contribution in [-0.2, 0) is 0 Å². The number of hydrogen-bond acceptors (Lipinski definition) is 5. The molecule has 0 radical (unpaired) electrons. The van der Waals surface area contributed by atoms with Crippen LogP contribution < -0.4 is 15.4 Å². The Hall–Kier alpha value is -2.52. The molecule has 0 fully saturated rings. The van der Waals surface area contributed by atoms with Gasteiger partial charge in [-0.05, 0) is 58.8 Å². The second-order valence-electron chi connectivity index (χ2n) is 5.21. The molecule has 0 saturated heterocycles. The molecule has 0 saturated carbocycles. The Bertz CT molecular complexity index is 845. The zero-order valence-electron chi connectivity index (χ0n) is 13.8. The normalized spacial score (nSPS) is 10.1. The summed E-state index contributed by atoms with van der Waals surface area (Å²) in [6.45, 7) is 2.57. The third-order valence-corrected chi connectivity index (χ3v) is 4.07. The summed E-state index contributed by atoms with van der Waals surface area (Å²) in [5.41, 5.74) is 0.854. The van der Waals surface area contributed by atoms with Crippen molar-refractivity contribution in [1.29, 1.82) is 0 Å². The van der Waals surface area contributed by atoms with Gasteiger partial charge in [0.15, 0.2) is 5.11 Å². The molecule has 0 aromatic heterocycles. The van der Waals surface area contributed by atoms with Crippen LogP contribution in [0.15, 0.2) is 46.9 Å². The summed E-state index contributed by atoms with van der Waals surface area (Å²) in [5.74, 6) is 0.221. The van der Waals surface area contributed by atoms with Crippen LogP contribution in [0.25, 0.3) is 0 Å². The largest absolute Gasteiger partial charge is 0.494 e. The van der Waals surface area contributed by atoms with Gasteiger partial charge in [0.05, 0.1) is 17.2 Å². The summed E-state index contributed by atoms with van der Waals surface area (Å²) in [4.78, 5) is 22.6. The van der Waals surface area contributed by atoms with Gasteiger partial charge in [-0.25, -0.2) is 0 Å². The van der Waals surface area contributed by atoms with Crippen LogP contribution in [0.4, 0.5) is 11.4 Å². The lowest BCUT2D eigenvalue weighted by Gasteiger charge is -2.11. The quantitative estimate of drug-likeness (QED) is 0.398. The van der Waals surface area contributed by atoms with E-state index in [1.165, 1.54) is 18.2 Å². The molecular formula is C17H16BrN3O4S. The number of thiocarbonyl (C=S) groups is 1.